The Labute approximate surface area is 58.5 Å². The van der Waals surface area contributed by atoms with Gasteiger partial charge >= 0.3 is 57.8 Å². The van der Waals surface area contributed by atoms with Gasteiger partial charge in [-0.25, -0.2) is 0 Å². The molecule has 6 nitrogen and oxygen atoms in total. The second kappa shape index (κ2) is 3.00. The summed E-state index contributed by atoms with van der Waals surface area (Å²) < 4.78 is 26.3. The van der Waals surface area contributed by atoms with Gasteiger partial charge in [-0.15, -0.1) is 0 Å². The van der Waals surface area contributed by atoms with Crippen LogP contribution in [0.4, 0.5) is 0 Å². The second-order valence-electron chi connectivity index (χ2n) is 1.55. The van der Waals surface area contributed by atoms with Gasteiger partial charge in [0.1, 0.15) is 0 Å². The third-order valence-corrected chi connectivity index (χ3v) is 2.05. The third-order valence-electron chi connectivity index (χ3n) is 0.588. The van der Waals surface area contributed by atoms with Crippen LogP contribution >= 0.6 is 0 Å². The summed E-state index contributed by atoms with van der Waals surface area (Å²) in [6.07, 6.45) is 0. The van der Waals surface area contributed by atoms with Gasteiger partial charge in [-0.05, 0) is 0 Å². The van der Waals surface area contributed by atoms with E-state index in [0.29, 0.717) is 0 Å². The van der Waals surface area contributed by atoms with E-state index in [0.717, 1.165) is 0 Å². The van der Waals surface area contributed by atoms with Gasteiger partial charge in [-0.3, -0.25) is 0 Å². The summed E-state index contributed by atoms with van der Waals surface area (Å²) in [5, 5.41) is 6.69. The Morgan fingerprint density at radius 1 is 1.30 bits per heavy atom. The van der Waals surface area contributed by atoms with Gasteiger partial charge < -0.3 is 0 Å². The third kappa shape index (κ3) is 4.31. The van der Waals surface area contributed by atoms with Crippen molar-refractivity contribution < 1.29 is 26.6 Å². The van der Waals surface area contributed by atoms with Gasteiger partial charge in [0.2, 0.25) is 0 Å². The van der Waals surface area contributed by atoms with Crippen molar-refractivity contribution in [1.29, 1.82) is 0 Å². The van der Waals surface area contributed by atoms with Crippen LogP contribution in [0.25, 0.3) is 0 Å². The molecule has 0 fully saturated rings. The van der Waals surface area contributed by atoms with Crippen LogP contribution in [-0.4, -0.2) is 39.2 Å². The molecule has 0 aromatic rings. The number of carboxylic acid groups (broad SMARTS) is 1. The second-order valence-corrected chi connectivity index (χ2v) is 5.00. The van der Waals surface area contributed by atoms with E-state index in [4.69, 9.17) is 13.3 Å². The van der Waals surface area contributed by atoms with Crippen molar-refractivity contribution in [2.75, 3.05) is 0 Å². The number of ketones is 1. The SMILES string of the molecule is O=C(O)C(=O)C[As](=O)(O)O. The van der Waals surface area contributed by atoms with Crippen LogP contribution in [0.5, 0.6) is 0 Å². The first-order valence-electron chi connectivity index (χ1n) is 2.13. The Hall–Kier alpha value is -0.582. The van der Waals surface area contributed by atoms with E-state index in [1.165, 1.54) is 0 Å². The molecule has 58 valence electrons. The van der Waals surface area contributed by atoms with Gasteiger partial charge in [0.05, 0.1) is 0 Å². The first-order valence-corrected chi connectivity index (χ1v) is 5.91. The molecule has 0 aromatic heterocycles. The predicted molar refractivity (Wildman–Crippen MR) is 28.3 cm³/mol. The van der Waals surface area contributed by atoms with E-state index in [1.807, 2.05) is 0 Å². The number of carbonyl (C=O) groups excluding carboxylic acids is 1. The number of hydrogen-bond donors (Lipinski definition) is 3. The Kier molecular flexibility index (Phi) is 2.83. The predicted octanol–water partition coefficient (Wildman–Crippen LogP) is -2.01. The minimum absolute atomic E-state index is 1.17. The summed E-state index contributed by atoms with van der Waals surface area (Å²) in [4.78, 5) is 19.8. The van der Waals surface area contributed by atoms with Gasteiger partial charge in [0.25, 0.3) is 0 Å². The molecular formula is C3H5AsO6. The molecule has 0 bridgehead atoms. The van der Waals surface area contributed by atoms with Crippen LogP contribution in [0.1, 0.15) is 0 Å². The van der Waals surface area contributed by atoms with Crippen LogP contribution in [0.2, 0.25) is 5.21 Å². The van der Waals surface area contributed by atoms with E-state index in [-0.39, 0.29) is 0 Å². The monoisotopic (exact) mass is 212 g/mol. The van der Waals surface area contributed by atoms with Crippen molar-refractivity contribution >= 4 is 25.9 Å². The van der Waals surface area contributed by atoms with E-state index in [1.54, 1.807) is 0 Å². The van der Waals surface area contributed by atoms with Crippen molar-refractivity contribution in [3.63, 3.8) is 0 Å². The number of carboxylic acids is 1. The van der Waals surface area contributed by atoms with Gasteiger partial charge in [0.15, 0.2) is 0 Å². The van der Waals surface area contributed by atoms with Crippen LogP contribution in [0, 0.1) is 0 Å². The normalized spacial score (nSPS) is 11.0. The Morgan fingerprint density at radius 2 is 1.70 bits per heavy atom. The standard InChI is InChI=1S/C3H5AsO6/c5-2(3(6)7)1-4(8,9)10/h1H2,(H,6,7)(H2,8,9,10). The molecule has 7 heteroatoms. The molecule has 0 aliphatic carbocycles. The first-order chi connectivity index (χ1) is 4.33. The average Bonchev–Trinajstić information content (AvgIpc) is 1.60. The van der Waals surface area contributed by atoms with Crippen LogP contribution in [0.15, 0.2) is 0 Å². The quantitative estimate of drug-likeness (QED) is 0.368. The summed E-state index contributed by atoms with van der Waals surface area (Å²) in [5.41, 5.74) is 0. The number of Topliss-reactive ketones (excluding diaryl/α,β-unsaturated/α-hetero) is 1. The molecule has 0 spiro atoms. The van der Waals surface area contributed by atoms with Gasteiger partial charge in [-0.2, -0.15) is 0 Å². The number of carbonyl (C=O) groups is 2. The van der Waals surface area contributed by atoms with Crippen LogP contribution < -0.4 is 0 Å². The number of hydrogen-bond acceptors (Lipinski definition) is 3. The summed E-state index contributed by atoms with van der Waals surface area (Å²) >= 11 is -5.07. The van der Waals surface area contributed by atoms with Crippen molar-refractivity contribution in [3.05, 3.63) is 0 Å². The summed E-state index contributed by atoms with van der Waals surface area (Å²) in [5.74, 6) is -3.27. The molecule has 3 N–H and O–H groups in total. The molecule has 0 unspecified atom stereocenters. The number of aliphatic carboxylic acids is 1. The molecule has 0 aromatic carbocycles. The Balaban J connectivity index is 4.07. The zero-order valence-electron chi connectivity index (χ0n) is 4.72. The van der Waals surface area contributed by atoms with Crippen LogP contribution in [0.3, 0.4) is 0 Å². The molecule has 0 aliphatic heterocycles. The average molecular weight is 212 g/mol. The summed E-state index contributed by atoms with van der Waals surface area (Å²) in [7, 11) is 0. The maximum atomic E-state index is 10.1. The minimum atomic E-state index is -5.07. The van der Waals surface area contributed by atoms with Crippen LogP contribution in [-0.2, 0) is 13.3 Å². The molecular weight excluding hydrogens is 207 g/mol. The molecule has 0 aliphatic rings. The molecule has 0 rings (SSSR count). The fraction of sp³-hybridized carbons (Fsp3) is 0.333. The zero-order valence-corrected chi connectivity index (χ0v) is 6.60. The van der Waals surface area contributed by atoms with E-state index >= 15 is 0 Å². The summed E-state index contributed by atoms with van der Waals surface area (Å²) in [6, 6.07) is 0. The van der Waals surface area contributed by atoms with Crippen molar-refractivity contribution in [2.24, 2.45) is 0 Å². The van der Waals surface area contributed by atoms with Gasteiger partial charge in [-0.1, -0.05) is 0 Å². The molecule has 0 heterocycles. The van der Waals surface area contributed by atoms with Crippen molar-refractivity contribution in [1.82, 2.24) is 0 Å². The zero-order chi connectivity index (χ0) is 8.36. The Bertz CT molecular complexity index is 201. The first kappa shape index (κ1) is 9.42. The van der Waals surface area contributed by atoms with E-state index in [2.05, 4.69) is 0 Å². The Morgan fingerprint density at radius 3 is 1.80 bits per heavy atom. The molecule has 0 amide bonds. The fourth-order valence-electron chi connectivity index (χ4n) is 0.255. The summed E-state index contributed by atoms with van der Waals surface area (Å²) in [6.45, 7) is 0. The fourth-order valence-corrected chi connectivity index (χ4v) is 1.32. The molecule has 10 heavy (non-hydrogen) atoms. The topological polar surface area (TPSA) is 112 Å². The van der Waals surface area contributed by atoms with Gasteiger partial charge in [0, 0.05) is 0 Å². The molecule has 0 radical (unpaired) electrons. The maximum absolute atomic E-state index is 10.1. The van der Waals surface area contributed by atoms with Crippen molar-refractivity contribution in [3.8, 4) is 0 Å². The molecule has 0 saturated carbocycles. The van der Waals surface area contributed by atoms with Crippen molar-refractivity contribution in [2.45, 2.75) is 5.21 Å². The molecule has 0 saturated heterocycles. The molecule has 0 atom stereocenters. The van der Waals surface area contributed by atoms with E-state index < -0.39 is 31.1 Å². The van der Waals surface area contributed by atoms with E-state index in [9.17, 15) is 13.3 Å². The number of rotatable bonds is 3.